The van der Waals surface area contributed by atoms with Gasteiger partial charge in [0.1, 0.15) is 5.82 Å². The molecule has 1 N–H and O–H groups in total. The van der Waals surface area contributed by atoms with Gasteiger partial charge in [0, 0.05) is 38.9 Å². The van der Waals surface area contributed by atoms with Gasteiger partial charge in [0.15, 0.2) is 0 Å². The van der Waals surface area contributed by atoms with Gasteiger partial charge in [-0.05, 0) is 87.3 Å². The van der Waals surface area contributed by atoms with E-state index < -0.39 is 0 Å². The second-order valence-corrected chi connectivity index (χ2v) is 11.8. The second kappa shape index (κ2) is 14.6. The summed E-state index contributed by atoms with van der Waals surface area (Å²) in [6.45, 7) is 3.03. The van der Waals surface area contributed by atoms with Crippen molar-refractivity contribution < 1.29 is 14.3 Å². The number of allylic oxidation sites excluding steroid dienone is 2. The third-order valence-electron chi connectivity index (χ3n) is 8.71. The molecule has 0 bridgehead atoms. The van der Waals surface area contributed by atoms with Crippen LogP contribution < -0.4 is 5.32 Å². The van der Waals surface area contributed by atoms with Gasteiger partial charge < -0.3 is 23.9 Å². The molecular formula is C37H43N5O3. The number of benzene rings is 3. The van der Waals surface area contributed by atoms with Crippen molar-refractivity contribution in [3.8, 4) is 11.4 Å². The van der Waals surface area contributed by atoms with Gasteiger partial charge in [-0.15, -0.1) is 0 Å². The minimum Gasteiger partial charge on any atom is -0.465 e. The van der Waals surface area contributed by atoms with Crippen molar-refractivity contribution in [2.45, 2.75) is 64.5 Å². The minimum atomic E-state index is -0.369. The number of hydrogen-bond acceptors (Lipinski definition) is 6. The number of carbonyl (C=O) groups excluding carboxylic acids is 1. The number of nitrogens with one attached hydrogen (secondary N) is 1. The lowest BCUT2D eigenvalue weighted by molar-refractivity contribution is 0.0601. The van der Waals surface area contributed by atoms with E-state index in [-0.39, 0.29) is 5.97 Å². The number of hydrogen-bond donors (Lipinski definition) is 1. The zero-order chi connectivity index (χ0) is 31.0. The Morgan fingerprint density at radius 3 is 2.56 bits per heavy atom. The van der Waals surface area contributed by atoms with E-state index in [1.807, 2.05) is 18.2 Å². The Morgan fingerprint density at radius 1 is 0.889 bits per heavy atom. The average Bonchev–Trinajstić information content (AvgIpc) is 3.63. The van der Waals surface area contributed by atoms with Gasteiger partial charge in [0.25, 0.3) is 0 Å². The second-order valence-electron chi connectivity index (χ2n) is 11.8. The van der Waals surface area contributed by atoms with Crippen LogP contribution in [0, 0.1) is 0 Å². The number of aryl methyl sites for hydroxylation is 2. The lowest BCUT2D eigenvalue weighted by Crippen LogP contribution is -2.12. The van der Waals surface area contributed by atoms with Crippen molar-refractivity contribution in [1.82, 2.24) is 19.1 Å². The van der Waals surface area contributed by atoms with Crippen LogP contribution in [0.25, 0.3) is 33.5 Å². The summed E-state index contributed by atoms with van der Waals surface area (Å²) in [5.74, 6) is 1.38. The number of carbonyl (C=O) groups is 1. The molecule has 0 saturated carbocycles. The number of aromatic nitrogens is 4. The van der Waals surface area contributed by atoms with Crippen LogP contribution in [0.3, 0.4) is 0 Å². The summed E-state index contributed by atoms with van der Waals surface area (Å²) < 4.78 is 15.0. The Balaban J connectivity index is 1.41. The highest BCUT2D eigenvalue weighted by molar-refractivity contribution is 5.97. The summed E-state index contributed by atoms with van der Waals surface area (Å²) in [7, 11) is 3.13. The lowest BCUT2D eigenvalue weighted by atomic mass is 9.96. The van der Waals surface area contributed by atoms with Crippen LogP contribution in [-0.2, 0) is 29.0 Å². The summed E-state index contributed by atoms with van der Waals surface area (Å²) >= 11 is 0. The highest BCUT2D eigenvalue weighted by Gasteiger charge is 2.21. The van der Waals surface area contributed by atoms with Crippen LogP contribution in [0.4, 0.5) is 5.95 Å². The van der Waals surface area contributed by atoms with Crippen LogP contribution in [0.15, 0.2) is 78.4 Å². The standard InChI is InChI=1S/C37H43N5O3/c1-44-25-11-24-41-33-20-19-29(36(43)45-2)26-32(33)39-35(41)30-17-9-18-31-34(30)42(23-10-16-27-12-5-3-6-13-27)37(40-31)38-22-21-28-14-7-4-8-15-28/h4,7-9,12,14-15,17-20,26H,3,5-6,10-11,13,16,21-25H2,1-2H3,(H,38,40). The highest BCUT2D eigenvalue weighted by Crippen LogP contribution is 2.34. The van der Waals surface area contributed by atoms with Crippen LogP contribution in [-0.4, -0.2) is 52.4 Å². The fourth-order valence-corrected chi connectivity index (χ4v) is 6.45. The normalized spacial score (nSPS) is 13.3. The summed E-state index contributed by atoms with van der Waals surface area (Å²) in [6.07, 6.45) is 11.4. The van der Waals surface area contributed by atoms with Crippen LogP contribution >= 0.6 is 0 Å². The zero-order valence-electron chi connectivity index (χ0n) is 26.4. The topological polar surface area (TPSA) is 83.2 Å². The van der Waals surface area contributed by atoms with E-state index in [1.165, 1.54) is 38.4 Å². The Morgan fingerprint density at radius 2 is 1.76 bits per heavy atom. The van der Waals surface area contributed by atoms with E-state index in [0.717, 1.165) is 84.7 Å². The summed E-state index contributed by atoms with van der Waals surface area (Å²) in [4.78, 5) is 22.6. The van der Waals surface area contributed by atoms with Gasteiger partial charge in [-0.3, -0.25) is 0 Å². The number of nitrogens with zero attached hydrogens (tertiary/aromatic N) is 4. The molecule has 6 rings (SSSR count). The van der Waals surface area contributed by atoms with E-state index in [2.05, 4.69) is 69.1 Å². The van der Waals surface area contributed by atoms with Crippen molar-refractivity contribution in [1.29, 1.82) is 0 Å². The number of imidazole rings is 2. The monoisotopic (exact) mass is 605 g/mol. The minimum absolute atomic E-state index is 0.369. The Labute approximate surface area is 265 Å². The molecule has 1 aliphatic carbocycles. The molecule has 2 aromatic heterocycles. The van der Waals surface area contributed by atoms with E-state index in [1.54, 1.807) is 12.7 Å². The molecule has 2 heterocycles. The zero-order valence-corrected chi connectivity index (χ0v) is 26.4. The fourth-order valence-electron chi connectivity index (χ4n) is 6.45. The fraction of sp³-hybridized carbons (Fsp3) is 0.378. The van der Waals surface area contributed by atoms with Crippen molar-refractivity contribution >= 4 is 34.0 Å². The molecule has 3 aromatic carbocycles. The van der Waals surface area contributed by atoms with Gasteiger partial charge in [-0.1, -0.05) is 48.0 Å². The maximum Gasteiger partial charge on any atom is 0.337 e. The van der Waals surface area contributed by atoms with Crippen molar-refractivity contribution in [2.24, 2.45) is 0 Å². The van der Waals surface area contributed by atoms with Crippen molar-refractivity contribution in [3.05, 3.63) is 89.5 Å². The number of fused-ring (bicyclic) bond motifs is 2. The van der Waals surface area contributed by atoms with Crippen LogP contribution in [0.2, 0.25) is 0 Å². The maximum atomic E-state index is 12.3. The smallest absolute Gasteiger partial charge is 0.337 e. The van der Waals surface area contributed by atoms with E-state index in [4.69, 9.17) is 19.4 Å². The molecule has 0 fully saturated rings. The predicted octanol–water partition coefficient (Wildman–Crippen LogP) is 7.81. The van der Waals surface area contributed by atoms with E-state index >= 15 is 0 Å². The first kappa shape index (κ1) is 30.6. The first-order chi connectivity index (χ1) is 22.2. The highest BCUT2D eigenvalue weighted by atomic mass is 16.5. The molecule has 8 nitrogen and oxygen atoms in total. The molecule has 0 atom stereocenters. The molecule has 234 valence electrons. The molecule has 0 radical (unpaired) electrons. The van der Waals surface area contributed by atoms with Crippen molar-refractivity contribution in [2.75, 3.05) is 32.7 Å². The first-order valence-corrected chi connectivity index (χ1v) is 16.2. The molecule has 0 spiro atoms. The molecule has 1 aliphatic rings. The summed E-state index contributed by atoms with van der Waals surface area (Å²) in [5.41, 5.74) is 8.16. The van der Waals surface area contributed by atoms with Crippen LogP contribution in [0.1, 0.15) is 60.9 Å². The molecule has 45 heavy (non-hydrogen) atoms. The van der Waals surface area contributed by atoms with E-state index in [0.29, 0.717) is 12.2 Å². The van der Waals surface area contributed by atoms with Gasteiger partial charge in [-0.2, -0.15) is 0 Å². The Kier molecular flexibility index (Phi) is 9.90. The SMILES string of the molecule is COCCCn1c(-c2cccc3nc(NCCc4ccccc4)n(CCCC4=CCCCC4)c23)nc2cc(C(=O)OC)ccc21. The Hall–Kier alpha value is -4.43. The van der Waals surface area contributed by atoms with Gasteiger partial charge >= 0.3 is 5.97 Å². The quantitative estimate of drug-likeness (QED) is 0.0790. The molecule has 5 aromatic rings. The molecule has 0 unspecified atom stereocenters. The average molecular weight is 606 g/mol. The molecule has 0 aliphatic heterocycles. The number of esters is 1. The Bertz CT molecular complexity index is 1790. The molecule has 0 amide bonds. The van der Waals surface area contributed by atoms with Gasteiger partial charge in [0.05, 0.1) is 34.7 Å². The lowest BCUT2D eigenvalue weighted by Gasteiger charge is -2.16. The number of anilines is 1. The molecule has 8 heteroatoms. The number of rotatable bonds is 14. The number of para-hydroxylation sites is 1. The third kappa shape index (κ3) is 6.96. The summed E-state index contributed by atoms with van der Waals surface area (Å²) in [6, 6.07) is 22.5. The number of ether oxygens (including phenoxy) is 2. The molecular weight excluding hydrogens is 562 g/mol. The maximum absolute atomic E-state index is 12.3. The third-order valence-corrected chi connectivity index (χ3v) is 8.71. The first-order valence-electron chi connectivity index (χ1n) is 16.2. The van der Waals surface area contributed by atoms with Crippen LogP contribution in [0.5, 0.6) is 0 Å². The molecule has 0 saturated heterocycles. The van der Waals surface area contributed by atoms with Crippen molar-refractivity contribution in [3.63, 3.8) is 0 Å². The van der Waals surface area contributed by atoms with Gasteiger partial charge in [0.2, 0.25) is 5.95 Å². The van der Waals surface area contributed by atoms with E-state index in [9.17, 15) is 4.79 Å². The number of methoxy groups -OCH3 is 2. The summed E-state index contributed by atoms with van der Waals surface area (Å²) in [5, 5.41) is 3.67. The predicted molar refractivity (Wildman–Crippen MR) is 181 cm³/mol. The largest absolute Gasteiger partial charge is 0.465 e. The van der Waals surface area contributed by atoms with Gasteiger partial charge in [-0.25, -0.2) is 14.8 Å².